The molecule has 32 heavy (non-hydrogen) atoms. The highest BCUT2D eigenvalue weighted by Gasteiger charge is 2.18. The van der Waals surface area contributed by atoms with Gasteiger partial charge in [0.1, 0.15) is 22.2 Å². The smallest absolute Gasteiger partial charge is 0.130 e. The molecular formula is C24H32N6OS. The highest BCUT2D eigenvalue weighted by molar-refractivity contribution is 7.21. The van der Waals surface area contributed by atoms with Crippen molar-refractivity contribution in [2.75, 3.05) is 49.2 Å². The lowest BCUT2D eigenvalue weighted by Gasteiger charge is -2.30. The number of aromatic nitrogens is 3. The Labute approximate surface area is 193 Å². The second-order valence-electron chi connectivity index (χ2n) is 8.77. The maximum Gasteiger partial charge on any atom is 0.130 e. The number of hydrogen-bond donors (Lipinski definition) is 1. The van der Waals surface area contributed by atoms with E-state index in [1.165, 1.54) is 30.4 Å². The topological polar surface area (TPSA) is 80.4 Å². The summed E-state index contributed by atoms with van der Waals surface area (Å²) in [5.74, 6) is 2.11. The van der Waals surface area contributed by atoms with Crippen LogP contribution in [0.1, 0.15) is 38.5 Å². The van der Waals surface area contributed by atoms with Crippen LogP contribution in [0.2, 0.25) is 0 Å². The quantitative estimate of drug-likeness (QED) is 0.641. The summed E-state index contributed by atoms with van der Waals surface area (Å²) in [6.07, 6.45) is 11.0. The summed E-state index contributed by atoms with van der Waals surface area (Å²) in [4.78, 5) is 18.7. The molecule has 0 bridgehead atoms. The molecule has 6 rings (SSSR count). The predicted octanol–water partition coefficient (Wildman–Crippen LogP) is 4.08. The normalized spacial score (nSPS) is 19.4. The van der Waals surface area contributed by atoms with Gasteiger partial charge >= 0.3 is 0 Å². The number of nitrogens with zero attached hydrogens (tertiary/aromatic N) is 5. The summed E-state index contributed by atoms with van der Waals surface area (Å²) in [5.41, 5.74) is 8.05. The Kier molecular flexibility index (Phi) is 6.80. The zero-order valence-electron chi connectivity index (χ0n) is 18.6. The molecule has 3 aliphatic rings. The molecule has 170 valence electrons. The third-order valence-electron chi connectivity index (χ3n) is 6.38. The first-order valence-corrected chi connectivity index (χ1v) is 12.6. The first kappa shape index (κ1) is 21.6. The van der Waals surface area contributed by atoms with Crippen molar-refractivity contribution in [3.05, 3.63) is 30.6 Å². The number of piperidine rings is 1. The molecule has 0 amide bonds. The number of pyridine rings is 2. The number of anilines is 2. The van der Waals surface area contributed by atoms with Crippen molar-refractivity contribution in [1.82, 2.24) is 15.0 Å². The third kappa shape index (κ3) is 5.03. The van der Waals surface area contributed by atoms with Crippen LogP contribution in [0.5, 0.6) is 0 Å². The van der Waals surface area contributed by atoms with Gasteiger partial charge in [-0.15, -0.1) is 11.3 Å². The second kappa shape index (κ2) is 10.1. The summed E-state index contributed by atoms with van der Waals surface area (Å²) >= 11 is 1.71. The fraction of sp³-hybridized carbons (Fsp3) is 0.542. The van der Waals surface area contributed by atoms with Crippen LogP contribution in [-0.2, 0) is 4.74 Å². The molecule has 3 fully saturated rings. The van der Waals surface area contributed by atoms with Gasteiger partial charge in [0.2, 0.25) is 0 Å². The van der Waals surface area contributed by atoms with E-state index in [-0.39, 0.29) is 0 Å². The van der Waals surface area contributed by atoms with E-state index in [0.29, 0.717) is 6.04 Å². The van der Waals surface area contributed by atoms with E-state index < -0.39 is 0 Å². The van der Waals surface area contributed by atoms with Crippen molar-refractivity contribution in [3.63, 3.8) is 0 Å². The number of rotatable bonds is 3. The maximum atomic E-state index is 6.02. The molecule has 0 atom stereocenters. The standard InChI is InChI=1S/C20H24N6S.C4H8O/c21-15-5-9-26(10-6-15)19-11-17-16(13-23-19)24-20(27-17)14-3-4-18(22-12-14)25-7-1-2-8-25;1-2-4-5-3-1/h3-4,11-13,15H,1-2,5-10,21H2;1-4H2. The molecule has 3 aromatic rings. The van der Waals surface area contributed by atoms with Gasteiger partial charge in [0.05, 0.1) is 10.9 Å². The summed E-state index contributed by atoms with van der Waals surface area (Å²) in [7, 11) is 0. The lowest BCUT2D eigenvalue weighted by atomic mass is 10.1. The van der Waals surface area contributed by atoms with E-state index in [0.717, 1.165) is 80.0 Å². The third-order valence-corrected chi connectivity index (χ3v) is 7.44. The van der Waals surface area contributed by atoms with Gasteiger partial charge in [-0.05, 0) is 50.7 Å². The molecule has 0 aliphatic carbocycles. The van der Waals surface area contributed by atoms with Crippen LogP contribution in [0.15, 0.2) is 30.6 Å². The van der Waals surface area contributed by atoms with Gasteiger partial charge in [-0.2, -0.15) is 0 Å². The van der Waals surface area contributed by atoms with Crippen LogP contribution >= 0.6 is 11.3 Å². The minimum absolute atomic E-state index is 0.330. The molecule has 0 radical (unpaired) electrons. The number of ether oxygens (including phenoxy) is 1. The molecule has 3 saturated heterocycles. The van der Waals surface area contributed by atoms with Crippen molar-refractivity contribution in [1.29, 1.82) is 0 Å². The molecule has 0 spiro atoms. The van der Waals surface area contributed by atoms with Gasteiger partial charge in [-0.25, -0.2) is 15.0 Å². The van der Waals surface area contributed by atoms with Crippen LogP contribution in [0.3, 0.4) is 0 Å². The summed E-state index contributed by atoms with van der Waals surface area (Å²) in [5, 5.41) is 1.00. The Hall–Kier alpha value is -2.29. The first-order chi connectivity index (χ1) is 15.8. The molecule has 6 heterocycles. The first-order valence-electron chi connectivity index (χ1n) is 11.8. The highest BCUT2D eigenvalue weighted by atomic mass is 32.1. The van der Waals surface area contributed by atoms with Gasteiger partial charge in [0.25, 0.3) is 0 Å². The van der Waals surface area contributed by atoms with E-state index in [1.807, 2.05) is 12.4 Å². The van der Waals surface area contributed by atoms with Crippen LogP contribution in [-0.4, -0.2) is 60.4 Å². The monoisotopic (exact) mass is 452 g/mol. The molecule has 2 N–H and O–H groups in total. The number of nitrogens with two attached hydrogens (primary N) is 1. The molecule has 0 unspecified atom stereocenters. The van der Waals surface area contributed by atoms with Gasteiger partial charge in [0, 0.05) is 63.3 Å². The molecule has 8 heteroatoms. The number of thiazole rings is 1. The van der Waals surface area contributed by atoms with Gasteiger partial charge < -0.3 is 20.3 Å². The van der Waals surface area contributed by atoms with E-state index in [4.69, 9.17) is 15.5 Å². The number of fused-ring (bicyclic) bond motifs is 1. The van der Waals surface area contributed by atoms with Gasteiger partial charge in [0.15, 0.2) is 0 Å². The molecular weight excluding hydrogens is 420 g/mol. The lowest BCUT2D eigenvalue weighted by Crippen LogP contribution is -2.40. The Morgan fingerprint density at radius 2 is 1.59 bits per heavy atom. The predicted molar refractivity (Wildman–Crippen MR) is 132 cm³/mol. The van der Waals surface area contributed by atoms with Crippen molar-refractivity contribution in [2.45, 2.75) is 44.6 Å². The largest absolute Gasteiger partial charge is 0.381 e. The van der Waals surface area contributed by atoms with Crippen LogP contribution in [0.4, 0.5) is 11.6 Å². The van der Waals surface area contributed by atoms with Crippen LogP contribution in [0.25, 0.3) is 20.8 Å². The average Bonchev–Trinajstić information content (AvgIpc) is 3.63. The summed E-state index contributed by atoms with van der Waals surface area (Å²) in [6, 6.07) is 6.75. The second-order valence-corrected chi connectivity index (χ2v) is 9.80. The van der Waals surface area contributed by atoms with Crippen LogP contribution in [0, 0.1) is 0 Å². The minimum Gasteiger partial charge on any atom is -0.381 e. The van der Waals surface area contributed by atoms with Crippen molar-refractivity contribution in [2.24, 2.45) is 5.73 Å². The molecule has 7 nitrogen and oxygen atoms in total. The Morgan fingerprint density at radius 3 is 2.25 bits per heavy atom. The van der Waals surface area contributed by atoms with E-state index >= 15 is 0 Å². The minimum atomic E-state index is 0.330. The number of hydrogen-bond acceptors (Lipinski definition) is 8. The highest BCUT2D eigenvalue weighted by Crippen LogP contribution is 2.32. The summed E-state index contributed by atoms with van der Waals surface area (Å²) in [6.45, 7) is 6.19. The van der Waals surface area contributed by atoms with E-state index in [1.54, 1.807) is 11.3 Å². The van der Waals surface area contributed by atoms with Gasteiger partial charge in [-0.1, -0.05) is 0 Å². The van der Waals surface area contributed by atoms with Crippen molar-refractivity contribution in [3.8, 4) is 10.6 Å². The summed E-state index contributed by atoms with van der Waals surface area (Å²) < 4.78 is 6.12. The molecule has 3 aromatic heterocycles. The van der Waals surface area contributed by atoms with Crippen LogP contribution < -0.4 is 15.5 Å². The molecule has 3 aliphatic heterocycles. The van der Waals surface area contributed by atoms with Crippen molar-refractivity contribution < 1.29 is 4.74 Å². The van der Waals surface area contributed by atoms with E-state index in [9.17, 15) is 0 Å². The fourth-order valence-corrected chi connectivity index (χ4v) is 5.36. The lowest BCUT2D eigenvalue weighted by molar-refractivity contribution is 0.198. The van der Waals surface area contributed by atoms with Crippen molar-refractivity contribution >= 4 is 33.2 Å². The fourth-order valence-electron chi connectivity index (χ4n) is 4.40. The Morgan fingerprint density at radius 1 is 0.875 bits per heavy atom. The molecule has 0 saturated carbocycles. The molecule has 0 aromatic carbocycles. The maximum absolute atomic E-state index is 6.02. The van der Waals surface area contributed by atoms with E-state index in [2.05, 4.69) is 38.0 Å². The SMILES string of the molecule is C1CCOC1.NC1CCN(c2cc3sc(-c4ccc(N5CCCC5)nc4)nc3cn2)CC1. The average molecular weight is 453 g/mol. The Bertz CT molecular complexity index is 997. The Balaban J connectivity index is 0.000000383. The zero-order valence-corrected chi connectivity index (χ0v) is 19.4. The zero-order chi connectivity index (χ0) is 21.8. The van der Waals surface area contributed by atoms with Gasteiger partial charge in [-0.3, -0.25) is 0 Å².